The molecule has 0 saturated heterocycles. The van der Waals surface area contributed by atoms with Crippen molar-refractivity contribution in [1.82, 2.24) is 4.31 Å². The SMILES string of the molecule is Cc1cc(C)c(S(=O)(=O)N2Cc3ccccc3CC2C(=O)O)c(C)c1. The van der Waals surface area contributed by atoms with Gasteiger partial charge in [-0.05, 0) is 43.0 Å². The number of aryl methyl sites for hydroxylation is 3. The zero-order chi connectivity index (χ0) is 18.4. The van der Waals surface area contributed by atoms with E-state index in [2.05, 4.69) is 0 Å². The molecule has 0 spiro atoms. The fraction of sp³-hybridized carbons (Fsp3) is 0.316. The smallest absolute Gasteiger partial charge is 0.322 e. The summed E-state index contributed by atoms with van der Waals surface area (Å²) >= 11 is 0. The maximum atomic E-state index is 13.3. The maximum absolute atomic E-state index is 13.3. The molecule has 1 unspecified atom stereocenters. The lowest BCUT2D eigenvalue weighted by atomic mass is 9.96. The average molecular weight is 359 g/mol. The molecule has 1 aliphatic rings. The number of carboxylic acid groups (broad SMARTS) is 1. The van der Waals surface area contributed by atoms with Crippen LogP contribution in [0, 0.1) is 20.8 Å². The van der Waals surface area contributed by atoms with Gasteiger partial charge in [0.1, 0.15) is 6.04 Å². The summed E-state index contributed by atoms with van der Waals surface area (Å²) in [5, 5.41) is 9.62. The summed E-state index contributed by atoms with van der Waals surface area (Å²) in [5.74, 6) is -1.12. The van der Waals surface area contributed by atoms with E-state index in [1.807, 2.05) is 43.3 Å². The van der Waals surface area contributed by atoms with Crippen LogP contribution in [0.15, 0.2) is 41.3 Å². The molecule has 0 aromatic heterocycles. The molecule has 0 amide bonds. The number of hydrogen-bond donors (Lipinski definition) is 1. The molecule has 132 valence electrons. The van der Waals surface area contributed by atoms with E-state index in [0.29, 0.717) is 11.1 Å². The number of carbonyl (C=O) groups is 1. The van der Waals surface area contributed by atoms with Gasteiger partial charge in [0, 0.05) is 13.0 Å². The molecule has 2 aromatic rings. The van der Waals surface area contributed by atoms with E-state index in [1.165, 1.54) is 0 Å². The second-order valence-electron chi connectivity index (χ2n) is 6.60. The fourth-order valence-corrected chi connectivity index (χ4v) is 5.63. The molecule has 0 aliphatic carbocycles. The molecule has 0 saturated carbocycles. The molecule has 0 fully saturated rings. The van der Waals surface area contributed by atoms with Gasteiger partial charge in [0.25, 0.3) is 0 Å². The van der Waals surface area contributed by atoms with Gasteiger partial charge in [-0.2, -0.15) is 4.31 Å². The Labute approximate surface area is 148 Å². The summed E-state index contributed by atoms with van der Waals surface area (Å²) in [4.78, 5) is 12.0. The summed E-state index contributed by atoms with van der Waals surface area (Å²) < 4.78 is 27.8. The first kappa shape index (κ1) is 17.6. The van der Waals surface area contributed by atoms with Gasteiger partial charge in [0.2, 0.25) is 10.0 Å². The Kier molecular flexibility index (Phi) is 4.43. The van der Waals surface area contributed by atoms with Crippen molar-refractivity contribution in [3.05, 3.63) is 64.2 Å². The Morgan fingerprint density at radius 3 is 2.20 bits per heavy atom. The van der Waals surface area contributed by atoms with Crippen molar-refractivity contribution in [3.63, 3.8) is 0 Å². The zero-order valence-electron chi connectivity index (χ0n) is 14.5. The van der Waals surface area contributed by atoms with Crippen LogP contribution >= 0.6 is 0 Å². The monoisotopic (exact) mass is 359 g/mol. The quantitative estimate of drug-likeness (QED) is 0.914. The van der Waals surface area contributed by atoms with Gasteiger partial charge in [-0.3, -0.25) is 4.79 Å². The van der Waals surface area contributed by atoms with Crippen molar-refractivity contribution in [1.29, 1.82) is 0 Å². The molecule has 5 nitrogen and oxygen atoms in total. The number of hydrogen-bond acceptors (Lipinski definition) is 3. The van der Waals surface area contributed by atoms with Crippen LogP contribution in [0.2, 0.25) is 0 Å². The lowest BCUT2D eigenvalue weighted by molar-refractivity contribution is -0.141. The Morgan fingerprint density at radius 1 is 1.08 bits per heavy atom. The zero-order valence-corrected chi connectivity index (χ0v) is 15.3. The van der Waals surface area contributed by atoms with Crippen molar-refractivity contribution in [2.24, 2.45) is 0 Å². The third-order valence-corrected chi connectivity index (χ3v) is 6.82. The number of aliphatic carboxylic acids is 1. The molecule has 1 heterocycles. The maximum Gasteiger partial charge on any atom is 0.322 e. The van der Waals surface area contributed by atoms with Gasteiger partial charge in [0.05, 0.1) is 4.90 Å². The highest BCUT2D eigenvalue weighted by Gasteiger charge is 2.40. The molecule has 2 aromatic carbocycles. The minimum Gasteiger partial charge on any atom is -0.480 e. The number of rotatable bonds is 3. The van der Waals surface area contributed by atoms with E-state index in [1.54, 1.807) is 13.8 Å². The van der Waals surface area contributed by atoms with Crippen molar-refractivity contribution in [2.75, 3.05) is 0 Å². The Balaban J connectivity index is 2.14. The van der Waals surface area contributed by atoms with Gasteiger partial charge in [0.15, 0.2) is 0 Å². The van der Waals surface area contributed by atoms with Gasteiger partial charge < -0.3 is 5.11 Å². The van der Waals surface area contributed by atoms with E-state index in [0.717, 1.165) is 21.0 Å². The Hall–Kier alpha value is -2.18. The number of benzene rings is 2. The molecular weight excluding hydrogens is 338 g/mol. The van der Waals surface area contributed by atoms with Gasteiger partial charge in [-0.25, -0.2) is 8.42 Å². The highest BCUT2D eigenvalue weighted by atomic mass is 32.2. The van der Waals surface area contributed by atoms with Crippen molar-refractivity contribution < 1.29 is 18.3 Å². The number of carboxylic acids is 1. The first-order valence-electron chi connectivity index (χ1n) is 8.11. The highest BCUT2D eigenvalue weighted by Crippen LogP contribution is 2.32. The van der Waals surface area contributed by atoms with Crippen LogP contribution in [0.3, 0.4) is 0 Å². The molecule has 1 atom stereocenters. The van der Waals surface area contributed by atoms with Crippen LogP contribution in [0.4, 0.5) is 0 Å². The molecule has 3 rings (SSSR count). The summed E-state index contributed by atoms with van der Waals surface area (Å²) in [6, 6.07) is 9.92. The van der Waals surface area contributed by atoms with E-state index >= 15 is 0 Å². The van der Waals surface area contributed by atoms with Crippen molar-refractivity contribution >= 4 is 16.0 Å². The normalized spacial score (nSPS) is 18.0. The van der Waals surface area contributed by atoms with E-state index in [-0.39, 0.29) is 17.9 Å². The van der Waals surface area contributed by atoms with Crippen LogP contribution in [-0.2, 0) is 27.8 Å². The fourth-order valence-electron chi connectivity index (χ4n) is 3.65. The first-order chi connectivity index (χ1) is 11.7. The van der Waals surface area contributed by atoms with E-state index < -0.39 is 22.0 Å². The third kappa shape index (κ3) is 3.07. The van der Waals surface area contributed by atoms with E-state index in [9.17, 15) is 18.3 Å². The second-order valence-corrected chi connectivity index (χ2v) is 8.43. The summed E-state index contributed by atoms with van der Waals surface area (Å²) in [7, 11) is -3.92. The summed E-state index contributed by atoms with van der Waals surface area (Å²) in [6.45, 7) is 5.48. The number of sulfonamides is 1. The molecular formula is C19H21NO4S. The number of nitrogens with zero attached hydrogens (tertiary/aromatic N) is 1. The highest BCUT2D eigenvalue weighted by molar-refractivity contribution is 7.89. The van der Waals surface area contributed by atoms with Crippen LogP contribution in [0.5, 0.6) is 0 Å². The lowest BCUT2D eigenvalue weighted by Crippen LogP contribution is -2.48. The largest absolute Gasteiger partial charge is 0.480 e. The summed E-state index contributed by atoms with van der Waals surface area (Å²) in [5.41, 5.74) is 4.00. The van der Waals surface area contributed by atoms with Gasteiger partial charge in [-0.15, -0.1) is 0 Å². The molecule has 1 N–H and O–H groups in total. The Bertz CT molecular complexity index is 927. The summed E-state index contributed by atoms with van der Waals surface area (Å²) in [6.07, 6.45) is 0.175. The number of fused-ring (bicyclic) bond motifs is 1. The van der Waals surface area contributed by atoms with Crippen LogP contribution in [0.25, 0.3) is 0 Å². The lowest BCUT2D eigenvalue weighted by Gasteiger charge is -2.34. The minimum atomic E-state index is -3.92. The first-order valence-corrected chi connectivity index (χ1v) is 9.55. The van der Waals surface area contributed by atoms with E-state index in [4.69, 9.17) is 0 Å². The van der Waals surface area contributed by atoms with Crippen molar-refractivity contribution in [2.45, 2.75) is 44.7 Å². The molecule has 25 heavy (non-hydrogen) atoms. The predicted molar refractivity (Wildman–Crippen MR) is 95.0 cm³/mol. The molecule has 0 bridgehead atoms. The van der Waals surface area contributed by atoms with Gasteiger partial charge in [-0.1, -0.05) is 42.0 Å². The third-order valence-electron chi connectivity index (χ3n) is 4.66. The van der Waals surface area contributed by atoms with Gasteiger partial charge >= 0.3 is 5.97 Å². The predicted octanol–water partition coefficient (Wildman–Crippen LogP) is 2.81. The van der Waals surface area contributed by atoms with Crippen molar-refractivity contribution in [3.8, 4) is 0 Å². The molecule has 0 radical (unpaired) electrons. The Morgan fingerprint density at radius 2 is 1.64 bits per heavy atom. The standard InChI is InChI=1S/C19H21NO4S/c1-12-8-13(2)18(14(3)9-12)25(23,24)20-11-16-7-5-4-6-15(16)10-17(20)19(21)22/h4-9,17H,10-11H2,1-3H3,(H,21,22). The van der Waals surface area contributed by atoms with Crippen LogP contribution in [0.1, 0.15) is 27.8 Å². The molecule has 1 aliphatic heterocycles. The minimum absolute atomic E-state index is 0.0717. The molecule has 6 heteroatoms. The second kappa shape index (κ2) is 6.28. The van der Waals surface area contributed by atoms with Crippen LogP contribution in [-0.4, -0.2) is 29.8 Å². The average Bonchev–Trinajstić information content (AvgIpc) is 2.52. The topological polar surface area (TPSA) is 74.7 Å². The van der Waals surface area contributed by atoms with Crippen LogP contribution < -0.4 is 0 Å².